The molecule has 72 valence electrons. The number of H-pyrrole nitrogens is 1. The molecule has 1 aromatic carbocycles. The van der Waals surface area contributed by atoms with Crippen LogP contribution in [0.5, 0.6) is 5.88 Å². The van der Waals surface area contributed by atoms with Crippen molar-refractivity contribution in [1.82, 2.24) is 9.78 Å². The van der Waals surface area contributed by atoms with Gasteiger partial charge in [-0.25, -0.2) is 4.68 Å². The van der Waals surface area contributed by atoms with Crippen LogP contribution in [0, 0.1) is 0 Å². The van der Waals surface area contributed by atoms with Gasteiger partial charge in [0.1, 0.15) is 0 Å². The van der Waals surface area contributed by atoms with Crippen molar-refractivity contribution in [2.45, 2.75) is 0 Å². The Morgan fingerprint density at radius 3 is 2.64 bits per heavy atom. The first-order chi connectivity index (χ1) is 6.68. The van der Waals surface area contributed by atoms with Crippen molar-refractivity contribution in [2.75, 3.05) is 0 Å². The van der Waals surface area contributed by atoms with Crippen LogP contribution in [0.15, 0.2) is 35.1 Å². The zero-order chi connectivity index (χ0) is 10.1. The summed E-state index contributed by atoms with van der Waals surface area (Å²) < 4.78 is 1.23. The van der Waals surface area contributed by atoms with Crippen LogP contribution in [0.1, 0.15) is 0 Å². The summed E-state index contributed by atoms with van der Waals surface area (Å²) in [6.07, 6.45) is 0. The predicted octanol–water partition coefficient (Wildman–Crippen LogP) is 1.52. The van der Waals surface area contributed by atoms with Gasteiger partial charge in [-0.3, -0.25) is 9.89 Å². The van der Waals surface area contributed by atoms with Gasteiger partial charge in [-0.15, -0.1) is 0 Å². The Kier molecular flexibility index (Phi) is 2.05. The number of aromatic amines is 1. The highest BCUT2D eigenvalue weighted by Crippen LogP contribution is 2.21. The van der Waals surface area contributed by atoms with E-state index in [9.17, 15) is 9.90 Å². The summed E-state index contributed by atoms with van der Waals surface area (Å²) in [5.41, 5.74) is 0.163. The van der Waals surface area contributed by atoms with Crippen molar-refractivity contribution in [3.8, 4) is 11.6 Å². The van der Waals surface area contributed by atoms with Gasteiger partial charge in [-0.1, -0.05) is 23.7 Å². The molecule has 2 rings (SSSR count). The number of rotatable bonds is 1. The molecule has 0 radical (unpaired) electrons. The summed E-state index contributed by atoms with van der Waals surface area (Å²) in [7, 11) is 0. The molecule has 14 heavy (non-hydrogen) atoms. The van der Waals surface area contributed by atoms with Gasteiger partial charge in [0, 0.05) is 0 Å². The quantitative estimate of drug-likeness (QED) is 0.750. The molecule has 0 saturated carbocycles. The molecule has 0 bridgehead atoms. The zero-order valence-electron chi connectivity index (χ0n) is 7.07. The number of nitrogens with zero attached hydrogens (tertiary/aromatic N) is 1. The Bertz CT molecular complexity index is 516. The average molecular weight is 211 g/mol. The van der Waals surface area contributed by atoms with Gasteiger partial charge in [0.05, 0.1) is 16.8 Å². The lowest BCUT2D eigenvalue weighted by Crippen LogP contribution is -2.03. The molecule has 0 atom stereocenters. The molecule has 2 N–H and O–H groups in total. The first-order valence-electron chi connectivity index (χ1n) is 3.94. The molecule has 4 nitrogen and oxygen atoms in total. The summed E-state index contributed by atoms with van der Waals surface area (Å²) in [5.74, 6) is -0.164. The Morgan fingerprint density at radius 2 is 2.07 bits per heavy atom. The van der Waals surface area contributed by atoms with Crippen LogP contribution in [0.25, 0.3) is 5.69 Å². The van der Waals surface area contributed by atoms with E-state index in [2.05, 4.69) is 5.10 Å². The molecule has 1 aromatic heterocycles. The number of para-hydroxylation sites is 1. The van der Waals surface area contributed by atoms with Crippen LogP contribution in [0.4, 0.5) is 0 Å². The van der Waals surface area contributed by atoms with E-state index in [0.717, 1.165) is 6.07 Å². The van der Waals surface area contributed by atoms with Crippen LogP contribution in [0.2, 0.25) is 5.02 Å². The predicted molar refractivity (Wildman–Crippen MR) is 53.1 cm³/mol. The van der Waals surface area contributed by atoms with Gasteiger partial charge < -0.3 is 5.11 Å². The second kappa shape index (κ2) is 3.23. The maximum Gasteiger partial charge on any atom is 0.268 e. The third-order valence-corrected chi connectivity index (χ3v) is 2.12. The topological polar surface area (TPSA) is 58.0 Å². The number of hydrogen-bond donors (Lipinski definition) is 2. The molecule has 0 aliphatic heterocycles. The maximum atomic E-state index is 10.9. The average Bonchev–Trinajstić information content (AvgIpc) is 2.46. The molecule has 0 aliphatic carbocycles. The monoisotopic (exact) mass is 210 g/mol. The van der Waals surface area contributed by atoms with E-state index in [-0.39, 0.29) is 11.4 Å². The third kappa shape index (κ3) is 1.40. The van der Waals surface area contributed by atoms with Crippen molar-refractivity contribution in [3.63, 3.8) is 0 Å². The highest BCUT2D eigenvalue weighted by atomic mass is 35.5. The lowest BCUT2D eigenvalue weighted by atomic mass is 10.3. The molecule has 0 fully saturated rings. The Balaban J connectivity index is 2.66. The Hall–Kier alpha value is -1.68. The maximum absolute atomic E-state index is 10.9. The van der Waals surface area contributed by atoms with E-state index in [1.807, 2.05) is 0 Å². The van der Waals surface area contributed by atoms with Crippen LogP contribution in [-0.4, -0.2) is 14.9 Å². The normalized spacial score (nSPS) is 10.4. The van der Waals surface area contributed by atoms with E-state index < -0.39 is 0 Å². The SMILES string of the molecule is O=c1cc(O)n(-c2ccccc2Cl)[nH]1. The third-order valence-electron chi connectivity index (χ3n) is 1.80. The minimum Gasteiger partial charge on any atom is -0.493 e. The van der Waals surface area contributed by atoms with Crippen molar-refractivity contribution < 1.29 is 5.11 Å². The van der Waals surface area contributed by atoms with Crippen LogP contribution in [0.3, 0.4) is 0 Å². The van der Waals surface area contributed by atoms with E-state index in [1.165, 1.54) is 4.68 Å². The first-order valence-corrected chi connectivity index (χ1v) is 4.32. The largest absolute Gasteiger partial charge is 0.493 e. The first kappa shape index (κ1) is 8.90. The van der Waals surface area contributed by atoms with E-state index in [0.29, 0.717) is 10.7 Å². The van der Waals surface area contributed by atoms with Crippen molar-refractivity contribution in [2.24, 2.45) is 0 Å². The zero-order valence-corrected chi connectivity index (χ0v) is 7.82. The lowest BCUT2D eigenvalue weighted by Gasteiger charge is -2.05. The van der Waals surface area contributed by atoms with Gasteiger partial charge in [-0.2, -0.15) is 0 Å². The minimum atomic E-state index is -0.373. The fourth-order valence-electron chi connectivity index (χ4n) is 1.20. The molecule has 1 heterocycles. The molecule has 0 unspecified atom stereocenters. The number of benzene rings is 1. The lowest BCUT2D eigenvalue weighted by molar-refractivity contribution is 0.433. The highest BCUT2D eigenvalue weighted by molar-refractivity contribution is 6.32. The van der Waals surface area contributed by atoms with Gasteiger partial charge in [-0.05, 0) is 12.1 Å². The fourth-order valence-corrected chi connectivity index (χ4v) is 1.42. The number of nitrogens with one attached hydrogen (secondary N) is 1. The van der Waals surface area contributed by atoms with Gasteiger partial charge >= 0.3 is 0 Å². The Morgan fingerprint density at radius 1 is 1.36 bits per heavy atom. The van der Waals surface area contributed by atoms with Crippen molar-refractivity contribution >= 4 is 11.6 Å². The molecule has 0 amide bonds. The smallest absolute Gasteiger partial charge is 0.268 e. The molecular weight excluding hydrogens is 204 g/mol. The van der Waals surface area contributed by atoms with E-state index in [1.54, 1.807) is 24.3 Å². The van der Waals surface area contributed by atoms with Gasteiger partial charge in [0.25, 0.3) is 5.56 Å². The molecule has 2 aromatic rings. The van der Waals surface area contributed by atoms with Gasteiger partial charge in [0.2, 0.25) is 5.88 Å². The molecule has 0 spiro atoms. The number of hydrogen-bond acceptors (Lipinski definition) is 2. The van der Waals surface area contributed by atoms with Crippen LogP contribution in [-0.2, 0) is 0 Å². The molecule has 0 saturated heterocycles. The van der Waals surface area contributed by atoms with Crippen LogP contribution >= 0.6 is 11.6 Å². The molecule has 0 aliphatic rings. The minimum absolute atomic E-state index is 0.164. The van der Waals surface area contributed by atoms with E-state index in [4.69, 9.17) is 11.6 Å². The number of aromatic hydroxyl groups is 1. The number of aromatic nitrogens is 2. The van der Waals surface area contributed by atoms with Crippen molar-refractivity contribution in [3.05, 3.63) is 45.7 Å². The van der Waals surface area contributed by atoms with E-state index >= 15 is 0 Å². The Labute approximate surface area is 84.4 Å². The summed E-state index contributed by atoms with van der Waals surface area (Å²) in [6, 6.07) is 7.99. The summed E-state index contributed by atoms with van der Waals surface area (Å²) in [5, 5.41) is 12.3. The number of halogens is 1. The second-order valence-electron chi connectivity index (χ2n) is 2.77. The highest BCUT2D eigenvalue weighted by Gasteiger charge is 2.07. The molecular formula is C9H7ClN2O2. The summed E-state index contributed by atoms with van der Waals surface area (Å²) in [6.45, 7) is 0. The summed E-state index contributed by atoms with van der Waals surface area (Å²) in [4.78, 5) is 10.9. The summed E-state index contributed by atoms with van der Waals surface area (Å²) >= 11 is 5.89. The fraction of sp³-hybridized carbons (Fsp3) is 0. The molecule has 5 heteroatoms. The van der Waals surface area contributed by atoms with Crippen LogP contribution < -0.4 is 5.56 Å². The van der Waals surface area contributed by atoms with Gasteiger partial charge in [0.15, 0.2) is 0 Å². The second-order valence-corrected chi connectivity index (χ2v) is 3.17. The van der Waals surface area contributed by atoms with Crippen molar-refractivity contribution in [1.29, 1.82) is 0 Å². The standard InChI is InChI=1S/C9H7ClN2O2/c10-6-3-1-2-4-7(6)12-9(14)5-8(13)11-12/h1-5,14H,(H,11,13).